The van der Waals surface area contributed by atoms with Crippen molar-refractivity contribution in [2.75, 3.05) is 5.32 Å². The second-order valence-corrected chi connectivity index (χ2v) is 5.88. The van der Waals surface area contributed by atoms with Crippen LogP contribution in [0.1, 0.15) is 26.4 Å². The summed E-state index contributed by atoms with van der Waals surface area (Å²) in [5.41, 5.74) is 8.93. The van der Waals surface area contributed by atoms with E-state index in [2.05, 4.69) is 10.3 Å². The second kappa shape index (κ2) is 7.59. The van der Waals surface area contributed by atoms with Gasteiger partial charge in [-0.15, -0.1) is 11.3 Å². The number of primary amides is 1. The fourth-order valence-electron chi connectivity index (χ4n) is 2.19. The molecule has 25 heavy (non-hydrogen) atoms. The van der Waals surface area contributed by atoms with E-state index >= 15 is 0 Å². The molecule has 0 radical (unpaired) electrons. The first-order valence-corrected chi connectivity index (χ1v) is 8.38. The topological polar surface area (TPSA) is 94.3 Å². The summed E-state index contributed by atoms with van der Waals surface area (Å²) in [5.74, 6) is -0.395. The third-order valence-electron chi connectivity index (χ3n) is 3.41. The Kier molecular flexibility index (Phi) is 5.06. The van der Waals surface area contributed by atoms with Crippen molar-refractivity contribution < 1.29 is 14.3 Å². The van der Waals surface area contributed by atoms with Gasteiger partial charge >= 0.3 is 0 Å². The molecule has 2 aromatic carbocycles. The minimum Gasteiger partial charge on any atom is -0.487 e. The first kappa shape index (κ1) is 16.7. The zero-order valence-corrected chi connectivity index (χ0v) is 14.0. The van der Waals surface area contributed by atoms with Gasteiger partial charge in [0.2, 0.25) is 0 Å². The van der Waals surface area contributed by atoms with Crippen molar-refractivity contribution in [2.45, 2.75) is 6.61 Å². The normalized spacial score (nSPS) is 10.2. The lowest BCUT2D eigenvalue weighted by Crippen LogP contribution is -2.18. The molecule has 0 aliphatic heterocycles. The molecule has 0 aliphatic rings. The molecule has 6 nitrogen and oxygen atoms in total. The molecule has 0 atom stereocenters. The van der Waals surface area contributed by atoms with Gasteiger partial charge in [-0.05, 0) is 30.3 Å². The monoisotopic (exact) mass is 353 g/mol. The molecule has 2 amide bonds. The molecule has 0 saturated heterocycles. The number of hydrogen-bond donors (Lipinski definition) is 2. The number of benzene rings is 2. The van der Waals surface area contributed by atoms with E-state index < -0.39 is 5.91 Å². The van der Waals surface area contributed by atoms with Crippen LogP contribution in [0.2, 0.25) is 0 Å². The molecule has 0 unspecified atom stereocenters. The van der Waals surface area contributed by atoms with Crippen LogP contribution in [-0.4, -0.2) is 16.8 Å². The summed E-state index contributed by atoms with van der Waals surface area (Å²) in [7, 11) is 0. The summed E-state index contributed by atoms with van der Waals surface area (Å²) in [4.78, 5) is 28.0. The molecule has 3 rings (SSSR count). The maximum absolute atomic E-state index is 12.4. The van der Waals surface area contributed by atoms with Gasteiger partial charge < -0.3 is 15.8 Å². The van der Waals surface area contributed by atoms with Gasteiger partial charge in [-0.2, -0.15) is 0 Å². The molecule has 0 fully saturated rings. The predicted octanol–water partition coefficient (Wildman–Crippen LogP) is 3.07. The summed E-state index contributed by atoms with van der Waals surface area (Å²) in [6.07, 6.45) is 0. The predicted molar refractivity (Wildman–Crippen MR) is 95.8 cm³/mol. The first-order chi connectivity index (χ1) is 12.1. The fraction of sp³-hybridized carbons (Fsp3) is 0.0556. The molecule has 7 heteroatoms. The van der Waals surface area contributed by atoms with Crippen LogP contribution in [0.15, 0.2) is 59.4 Å². The van der Waals surface area contributed by atoms with E-state index in [9.17, 15) is 9.59 Å². The minimum absolute atomic E-state index is 0.256. The number of hydrogen-bond acceptors (Lipinski definition) is 5. The third-order valence-corrected chi connectivity index (χ3v) is 4.04. The van der Waals surface area contributed by atoms with Gasteiger partial charge in [0.1, 0.15) is 12.4 Å². The Balaban J connectivity index is 1.72. The van der Waals surface area contributed by atoms with E-state index in [1.807, 2.05) is 5.38 Å². The number of thiazole rings is 1. The Morgan fingerprint density at radius 1 is 1.16 bits per heavy atom. The molecular weight excluding hydrogens is 338 g/mol. The summed E-state index contributed by atoms with van der Waals surface area (Å²) in [5, 5.41) is 4.60. The van der Waals surface area contributed by atoms with Crippen molar-refractivity contribution in [1.82, 2.24) is 4.98 Å². The molecule has 3 aromatic rings. The zero-order valence-electron chi connectivity index (χ0n) is 13.1. The van der Waals surface area contributed by atoms with E-state index in [0.29, 0.717) is 23.6 Å². The number of rotatable bonds is 6. The van der Waals surface area contributed by atoms with Crippen molar-refractivity contribution in [2.24, 2.45) is 5.73 Å². The Morgan fingerprint density at radius 2 is 2.00 bits per heavy atom. The number of carbonyl (C=O) groups is 2. The van der Waals surface area contributed by atoms with Crippen LogP contribution in [0.25, 0.3) is 0 Å². The average molecular weight is 353 g/mol. The van der Waals surface area contributed by atoms with Gasteiger partial charge in [0.05, 0.1) is 22.5 Å². The quantitative estimate of drug-likeness (QED) is 0.712. The first-order valence-electron chi connectivity index (χ1n) is 7.43. The molecule has 3 N–H and O–H groups in total. The van der Waals surface area contributed by atoms with Crippen molar-refractivity contribution in [1.29, 1.82) is 0 Å². The van der Waals surface area contributed by atoms with Crippen molar-refractivity contribution in [3.8, 4) is 5.75 Å². The van der Waals surface area contributed by atoms with Crippen molar-refractivity contribution in [3.05, 3.63) is 76.2 Å². The maximum Gasteiger partial charge on any atom is 0.255 e. The van der Waals surface area contributed by atoms with Gasteiger partial charge in [0, 0.05) is 10.9 Å². The number of carbonyl (C=O) groups excluding carboxylic acids is 2. The number of ether oxygens (including phenoxy) is 1. The van der Waals surface area contributed by atoms with Crippen LogP contribution >= 0.6 is 11.3 Å². The van der Waals surface area contributed by atoms with E-state index in [0.717, 1.165) is 5.69 Å². The molecule has 126 valence electrons. The van der Waals surface area contributed by atoms with Crippen LogP contribution < -0.4 is 15.8 Å². The highest BCUT2D eigenvalue weighted by molar-refractivity contribution is 7.07. The van der Waals surface area contributed by atoms with Crippen LogP contribution in [0.5, 0.6) is 5.75 Å². The number of nitrogens with zero attached hydrogens (tertiary/aromatic N) is 1. The number of nitrogens with one attached hydrogen (secondary N) is 1. The second-order valence-electron chi connectivity index (χ2n) is 5.16. The highest BCUT2D eigenvalue weighted by Gasteiger charge is 2.12. The van der Waals surface area contributed by atoms with Crippen LogP contribution in [-0.2, 0) is 6.61 Å². The molecular formula is C18H15N3O3S. The van der Waals surface area contributed by atoms with Crippen molar-refractivity contribution in [3.63, 3.8) is 0 Å². The Morgan fingerprint density at radius 3 is 2.76 bits per heavy atom. The molecule has 0 bridgehead atoms. The molecule has 0 saturated carbocycles. The largest absolute Gasteiger partial charge is 0.487 e. The summed E-state index contributed by atoms with van der Waals surface area (Å²) in [6.45, 7) is 0.332. The SMILES string of the molecule is NC(=O)c1ccccc1NC(=O)c1cccc(OCc2cscn2)c1. The van der Waals surface area contributed by atoms with Gasteiger partial charge in [0.15, 0.2) is 0 Å². The van der Waals surface area contributed by atoms with Crippen LogP contribution in [0.3, 0.4) is 0 Å². The summed E-state index contributed by atoms with van der Waals surface area (Å²) >= 11 is 1.49. The highest BCUT2D eigenvalue weighted by atomic mass is 32.1. The van der Waals surface area contributed by atoms with E-state index in [1.54, 1.807) is 54.0 Å². The molecule has 0 aliphatic carbocycles. The van der Waals surface area contributed by atoms with Crippen LogP contribution in [0.4, 0.5) is 5.69 Å². The number of para-hydroxylation sites is 1. The number of nitrogens with two attached hydrogens (primary N) is 1. The lowest BCUT2D eigenvalue weighted by atomic mass is 10.1. The number of aromatic nitrogens is 1. The smallest absolute Gasteiger partial charge is 0.255 e. The van der Waals surface area contributed by atoms with Gasteiger partial charge in [-0.3, -0.25) is 9.59 Å². The van der Waals surface area contributed by atoms with Crippen molar-refractivity contribution >= 4 is 28.8 Å². The fourth-order valence-corrected chi connectivity index (χ4v) is 2.74. The molecule has 1 aromatic heterocycles. The zero-order chi connectivity index (χ0) is 17.6. The Bertz CT molecular complexity index is 894. The number of anilines is 1. The number of amides is 2. The van der Waals surface area contributed by atoms with Gasteiger partial charge in [0.25, 0.3) is 11.8 Å². The van der Waals surface area contributed by atoms with Gasteiger partial charge in [-0.1, -0.05) is 18.2 Å². The highest BCUT2D eigenvalue weighted by Crippen LogP contribution is 2.19. The summed E-state index contributed by atoms with van der Waals surface area (Å²) in [6, 6.07) is 13.4. The van der Waals surface area contributed by atoms with E-state index in [4.69, 9.17) is 10.5 Å². The lowest BCUT2D eigenvalue weighted by molar-refractivity contribution is 0.100. The Labute approximate surface area is 148 Å². The third kappa shape index (κ3) is 4.21. The van der Waals surface area contributed by atoms with E-state index in [-0.39, 0.29) is 11.5 Å². The summed E-state index contributed by atoms with van der Waals surface area (Å²) < 4.78 is 5.64. The van der Waals surface area contributed by atoms with Crippen LogP contribution in [0, 0.1) is 0 Å². The lowest BCUT2D eigenvalue weighted by Gasteiger charge is -2.10. The molecule has 0 spiro atoms. The average Bonchev–Trinajstić information content (AvgIpc) is 3.14. The standard InChI is InChI=1S/C18H15N3O3S/c19-17(22)15-6-1-2-7-16(15)21-18(23)12-4-3-5-14(8-12)24-9-13-10-25-11-20-13/h1-8,10-11H,9H2,(H2,19,22)(H,21,23). The van der Waals surface area contributed by atoms with Gasteiger partial charge in [-0.25, -0.2) is 4.98 Å². The Hall–Kier alpha value is -3.19. The van der Waals surface area contributed by atoms with E-state index in [1.165, 1.54) is 11.3 Å². The maximum atomic E-state index is 12.4. The molecule has 1 heterocycles. The minimum atomic E-state index is -0.601.